The van der Waals surface area contributed by atoms with Gasteiger partial charge in [0.15, 0.2) is 0 Å². The van der Waals surface area contributed by atoms with Crippen LogP contribution in [0.4, 0.5) is 0 Å². The van der Waals surface area contributed by atoms with Crippen LogP contribution in [0.2, 0.25) is 0 Å². The number of halogens is 1. The Morgan fingerprint density at radius 2 is 1.76 bits per heavy atom. The predicted octanol–water partition coefficient (Wildman–Crippen LogP) is 4.61. The van der Waals surface area contributed by atoms with E-state index in [-0.39, 0.29) is 0 Å². The number of hydrogen-bond acceptors (Lipinski definition) is 0. The zero-order valence-electron chi connectivity index (χ0n) is 9.52. The van der Waals surface area contributed by atoms with E-state index in [1.807, 2.05) is 6.07 Å². The first-order valence-electron chi connectivity index (χ1n) is 5.56. The first-order valence-corrected chi connectivity index (χ1v) is 6.35. The summed E-state index contributed by atoms with van der Waals surface area (Å²) in [5, 5.41) is 1.29. The van der Waals surface area contributed by atoms with Gasteiger partial charge in [0.05, 0.1) is 0 Å². The number of rotatable bonds is 1. The SMILES string of the molecule is Cn1cc(-c2ccccc2)c2cc(Br)ccc21. The van der Waals surface area contributed by atoms with Gasteiger partial charge in [-0.3, -0.25) is 0 Å². The molecule has 1 nitrogen and oxygen atoms in total. The number of nitrogens with zero attached hydrogens (tertiary/aromatic N) is 1. The van der Waals surface area contributed by atoms with Crippen LogP contribution in [0.25, 0.3) is 22.0 Å². The molecule has 0 spiro atoms. The Morgan fingerprint density at radius 3 is 2.53 bits per heavy atom. The van der Waals surface area contributed by atoms with Crippen molar-refractivity contribution in [1.29, 1.82) is 0 Å². The highest BCUT2D eigenvalue weighted by molar-refractivity contribution is 9.10. The monoisotopic (exact) mass is 285 g/mol. The van der Waals surface area contributed by atoms with Crippen LogP contribution in [-0.2, 0) is 7.05 Å². The van der Waals surface area contributed by atoms with Crippen LogP contribution in [0.1, 0.15) is 0 Å². The van der Waals surface area contributed by atoms with Crippen LogP contribution in [0.5, 0.6) is 0 Å². The van der Waals surface area contributed by atoms with Crippen LogP contribution >= 0.6 is 15.9 Å². The highest BCUT2D eigenvalue weighted by atomic mass is 79.9. The van der Waals surface area contributed by atoms with Gasteiger partial charge in [0.25, 0.3) is 0 Å². The van der Waals surface area contributed by atoms with Crippen LogP contribution in [-0.4, -0.2) is 4.57 Å². The van der Waals surface area contributed by atoms with Crippen molar-refractivity contribution in [3.05, 3.63) is 59.2 Å². The molecular formula is C15H12BrN. The van der Waals surface area contributed by atoms with E-state index in [1.54, 1.807) is 0 Å². The second kappa shape index (κ2) is 4.04. The zero-order chi connectivity index (χ0) is 11.8. The molecule has 0 amide bonds. The molecule has 84 valence electrons. The van der Waals surface area contributed by atoms with Gasteiger partial charge in [-0.2, -0.15) is 0 Å². The number of aryl methyl sites for hydroxylation is 1. The molecule has 0 unspecified atom stereocenters. The summed E-state index contributed by atoms with van der Waals surface area (Å²) in [5.74, 6) is 0. The maximum absolute atomic E-state index is 3.54. The topological polar surface area (TPSA) is 4.93 Å². The number of aromatic nitrogens is 1. The maximum atomic E-state index is 3.54. The van der Waals surface area contributed by atoms with Crippen LogP contribution < -0.4 is 0 Å². The summed E-state index contributed by atoms with van der Waals surface area (Å²) < 4.78 is 3.29. The Bertz CT molecular complexity index is 668. The smallest absolute Gasteiger partial charge is 0.0484 e. The summed E-state index contributed by atoms with van der Waals surface area (Å²) >= 11 is 3.54. The van der Waals surface area contributed by atoms with Gasteiger partial charge in [-0.15, -0.1) is 0 Å². The zero-order valence-corrected chi connectivity index (χ0v) is 11.1. The van der Waals surface area contributed by atoms with Gasteiger partial charge in [0.1, 0.15) is 0 Å². The Hall–Kier alpha value is -1.54. The number of hydrogen-bond donors (Lipinski definition) is 0. The second-order valence-corrected chi connectivity index (χ2v) is 5.10. The molecule has 3 aromatic rings. The fraction of sp³-hybridized carbons (Fsp3) is 0.0667. The molecule has 1 heterocycles. The van der Waals surface area contributed by atoms with E-state index < -0.39 is 0 Å². The van der Waals surface area contributed by atoms with Crippen molar-refractivity contribution < 1.29 is 0 Å². The molecule has 3 rings (SSSR count). The molecule has 0 fully saturated rings. The molecule has 0 aliphatic heterocycles. The fourth-order valence-corrected chi connectivity index (χ4v) is 2.57. The van der Waals surface area contributed by atoms with E-state index in [0.717, 1.165) is 4.47 Å². The number of fused-ring (bicyclic) bond motifs is 1. The third-order valence-corrected chi connectivity index (χ3v) is 3.53. The fourth-order valence-electron chi connectivity index (χ4n) is 2.21. The van der Waals surface area contributed by atoms with Crippen molar-refractivity contribution in [2.45, 2.75) is 0 Å². The minimum atomic E-state index is 1.12. The van der Waals surface area contributed by atoms with Crippen molar-refractivity contribution in [2.24, 2.45) is 7.05 Å². The molecular weight excluding hydrogens is 274 g/mol. The third-order valence-electron chi connectivity index (χ3n) is 3.04. The molecule has 0 saturated heterocycles. The number of benzene rings is 2. The second-order valence-electron chi connectivity index (χ2n) is 4.18. The largest absolute Gasteiger partial charge is 0.350 e. The molecule has 0 N–H and O–H groups in total. The van der Waals surface area contributed by atoms with Crippen LogP contribution in [0, 0.1) is 0 Å². The molecule has 1 aromatic heterocycles. The summed E-state index contributed by atoms with van der Waals surface area (Å²) in [5.41, 5.74) is 3.80. The van der Waals surface area contributed by atoms with Gasteiger partial charge >= 0.3 is 0 Å². The highest BCUT2D eigenvalue weighted by Gasteiger charge is 2.08. The van der Waals surface area contributed by atoms with Crippen molar-refractivity contribution >= 4 is 26.8 Å². The molecule has 0 radical (unpaired) electrons. The Balaban J connectivity index is 2.34. The van der Waals surface area contributed by atoms with E-state index in [4.69, 9.17) is 0 Å². The molecule has 0 aliphatic rings. The van der Waals surface area contributed by atoms with Gasteiger partial charge < -0.3 is 4.57 Å². The average molecular weight is 286 g/mol. The summed E-state index contributed by atoms with van der Waals surface area (Å²) in [4.78, 5) is 0. The molecule has 0 saturated carbocycles. The first kappa shape index (κ1) is 10.6. The van der Waals surface area contributed by atoms with Gasteiger partial charge in [-0.1, -0.05) is 46.3 Å². The summed E-state index contributed by atoms with van der Waals surface area (Å²) in [6.45, 7) is 0. The van der Waals surface area contributed by atoms with Gasteiger partial charge in [0, 0.05) is 34.2 Å². The quantitative estimate of drug-likeness (QED) is 0.615. The lowest BCUT2D eigenvalue weighted by atomic mass is 10.1. The molecule has 0 aliphatic carbocycles. The summed E-state index contributed by atoms with van der Waals surface area (Å²) in [6, 6.07) is 16.9. The Morgan fingerprint density at radius 1 is 1.00 bits per heavy atom. The van der Waals surface area contributed by atoms with E-state index in [1.165, 1.54) is 22.0 Å². The lowest BCUT2D eigenvalue weighted by Crippen LogP contribution is -1.82. The van der Waals surface area contributed by atoms with Crippen LogP contribution in [0.15, 0.2) is 59.2 Å². The van der Waals surface area contributed by atoms with Crippen molar-refractivity contribution in [3.8, 4) is 11.1 Å². The Labute approximate surface area is 109 Å². The lowest BCUT2D eigenvalue weighted by Gasteiger charge is -1.99. The van der Waals surface area contributed by atoms with E-state index in [0.29, 0.717) is 0 Å². The molecule has 0 bridgehead atoms. The third kappa shape index (κ3) is 1.79. The standard InChI is InChI=1S/C15H12BrN/c1-17-10-14(11-5-3-2-4-6-11)13-9-12(16)7-8-15(13)17/h2-10H,1H3. The minimum Gasteiger partial charge on any atom is -0.350 e. The predicted molar refractivity (Wildman–Crippen MR) is 76.1 cm³/mol. The van der Waals surface area contributed by atoms with Gasteiger partial charge in [-0.05, 0) is 23.8 Å². The van der Waals surface area contributed by atoms with Crippen LogP contribution in [0.3, 0.4) is 0 Å². The van der Waals surface area contributed by atoms with E-state index in [2.05, 4.69) is 76.2 Å². The van der Waals surface area contributed by atoms with Crippen molar-refractivity contribution in [3.63, 3.8) is 0 Å². The average Bonchev–Trinajstić information content (AvgIpc) is 2.67. The Kier molecular flexibility index (Phi) is 2.52. The maximum Gasteiger partial charge on any atom is 0.0484 e. The van der Waals surface area contributed by atoms with E-state index in [9.17, 15) is 0 Å². The normalized spacial score (nSPS) is 10.9. The minimum absolute atomic E-state index is 1.12. The highest BCUT2D eigenvalue weighted by Crippen LogP contribution is 2.31. The first-order chi connectivity index (χ1) is 8.25. The summed E-state index contributed by atoms with van der Waals surface area (Å²) in [6.07, 6.45) is 2.19. The molecule has 17 heavy (non-hydrogen) atoms. The van der Waals surface area contributed by atoms with Gasteiger partial charge in [-0.25, -0.2) is 0 Å². The summed E-state index contributed by atoms with van der Waals surface area (Å²) in [7, 11) is 2.09. The molecule has 0 atom stereocenters. The molecule has 2 aromatic carbocycles. The van der Waals surface area contributed by atoms with Crippen molar-refractivity contribution in [1.82, 2.24) is 4.57 Å². The van der Waals surface area contributed by atoms with Gasteiger partial charge in [0.2, 0.25) is 0 Å². The molecule has 2 heteroatoms. The van der Waals surface area contributed by atoms with Crippen molar-refractivity contribution in [2.75, 3.05) is 0 Å². The van der Waals surface area contributed by atoms with E-state index >= 15 is 0 Å². The lowest BCUT2D eigenvalue weighted by molar-refractivity contribution is 0.970.